The molecule has 1 N–H and O–H groups in total. The van der Waals surface area contributed by atoms with Crippen LogP contribution in [0.1, 0.15) is 18.2 Å². The van der Waals surface area contributed by atoms with Crippen molar-refractivity contribution in [3.8, 4) is 5.75 Å². The smallest absolute Gasteiger partial charge is 0.466 e. The van der Waals surface area contributed by atoms with E-state index in [1.54, 1.807) is 6.92 Å². The van der Waals surface area contributed by atoms with Crippen LogP contribution in [0.4, 0.5) is 13.2 Å². The van der Waals surface area contributed by atoms with Gasteiger partial charge < -0.3 is 14.5 Å². The lowest BCUT2D eigenvalue weighted by atomic mass is 10.1. The number of hydrogen-bond acceptors (Lipinski definition) is 4. The van der Waals surface area contributed by atoms with E-state index >= 15 is 0 Å². The summed E-state index contributed by atoms with van der Waals surface area (Å²) in [6.45, 7) is 3.04. The number of aromatic amines is 1. The Balaban J connectivity index is 3.06. The highest BCUT2D eigenvalue weighted by Crippen LogP contribution is 2.26. The average Bonchev–Trinajstić information content (AvgIpc) is 2.23. The predicted molar refractivity (Wildman–Crippen MR) is 58.8 cm³/mol. The molecule has 0 aliphatic rings. The summed E-state index contributed by atoms with van der Waals surface area (Å²) in [6, 6.07) is 0.678. The number of alkyl halides is 3. The Bertz CT molecular complexity index is 522. The summed E-state index contributed by atoms with van der Waals surface area (Å²) >= 11 is 0. The van der Waals surface area contributed by atoms with Crippen molar-refractivity contribution in [1.29, 1.82) is 0 Å². The third kappa shape index (κ3) is 4.65. The molecule has 0 amide bonds. The number of H-pyrrole nitrogens is 1. The molecule has 0 atom stereocenters. The third-order valence-electron chi connectivity index (χ3n) is 2.21. The number of ether oxygens (including phenoxy) is 2. The molecule has 0 saturated carbocycles. The normalized spacial score (nSPS) is 11.2. The number of pyridine rings is 1. The van der Waals surface area contributed by atoms with Crippen molar-refractivity contribution in [2.24, 2.45) is 0 Å². The van der Waals surface area contributed by atoms with Crippen LogP contribution in [0.3, 0.4) is 0 Å². The van der Waals surface area contributed by atoms with Gasteiger partial charge in [0.25, 0.3) is 5.56 Å². The van der Waals surface area contributed by atoms with Gasteiger partial charge in [0.15, 0.2) is 0 Å². The van der Waals surface area contributed by atoms with Gasteiger partial charge in [-0.1, -0.05) is 0 Å². The number of halogens is 3. The lowest BCUT2D eigenvalue weighted by Crippen LogP contribution is -2.22. The molecule has 0 aliphatic heterocycles. The molecule has 19 heavy (non-hydrogen) atoms. The van der Waals surface area contributed by atoms with Crippen LogP contribution in [0.15, 0.2) is 10.9 Å². The van der Waals surface area contributed by atoms with E-state index in [1.807, 2.05) is 0 Å². The molecule has 1 heterocycles. The van der Waals surface area contributed by atoms with Crippen molar-refractivity contribution in [1.82, 2.24) is 4.98 Å². The van der Waals surface area contributed by atoms with Gasteiger partial charge in [-0.15, -0.1) is 13.2 Å². The SMILES string of the molecule is CCOC(=O)Cc1[nH]c(=O)cc(OC(F)(F)F)c1C. The first kappa shape index (κ1) is 15.1. The number of rotatable bonds is 4. The number of carbonyl (C=O) groups excluding carboxylic acids is 1. The van der Waals surface area contributed by atoms with Crippen LogP contribution in [0.5, 0.6) is 5.75 Å². The number of nitrogens with one attached hydrogen (secondary N) is 1. The number of esters is 1. The summed E-state index contributed by atoms with van der Waals surface area (Å²) in [6.07, 6.45) is -5.23. The second kappa shape index (κ2) is 5.77. The Kier molecular flexibility index (Phi) is 4.57. The topological polar surface area (TPSA) is 68.4 Å². The van der Waals surface area contributed by atoms with Crippen molar-refractivity contribution in [3.63, 3.8) is 0 Å². The second-order valence-corrected chi connectivity index (χ2v) is 3.63. The molecular formula is C11H12F3NO4. The molecule has 1 aromatic heterocycles. The van der Waals surface area contributed by atoms with Crippen LogP contribution in [0.2, 0.25) is 0 Å². The van der Waals surface area contributed by atoms with Crippen LogP contribution < -0.4 is 10.3 Å². The highest BCUT2D eigenvalue weighted by molar-refractivity contribution is 5.72. The van der Waals surface area contributed by atoms with Gasteiger partial charge in [0.1, 0.15) is 5.75 Å². The fourth-order valence-electron chi connectivity index (χ4n) is 1.42. The third-order valence-corrected chi connectivity index (χ3v) is 2.21. The Morgan fingerprint density at radius 3 is 2.58 bits per heavy atom. The Morgan fingerprint density at radius 1 is 1.42 bits per heavy atom. The molecule has 0 saturated heterocycles. The highest BCUT2D eigenvalue weighted by atomic mass is 19.4. The zero-order chi connectivity index (χ0) is 14.6. The summed E-state index contributed by atoms with van der Waals surface area (Å²) in [4.78, 5) is 24.8. The maximum absolute atomic E-state index is 12.1. The minimum absolute atomic E-state index is 0.0324. The molecule has 1 aromatic rings. The molecule has 0 aromatic carbocycles. The Labute approximate surface area is 106 Å². The molecule has 0 radical (unpaired) electrons. The Morgan fingerprint density at radius 2 is 2.05 bits per heavy atom. The van der Waals surface area contributed by atoms with E-state index in [0.29, 0.717) is 6.07 Å². The van der Waals surface area contributed by atoms with Gasteiger partial charge in [-0.05, 0) is 13.8 Å². The first-order chi connectivity index (χ1) is 8.73. The largest absolute Gasteiger partial charge is 0.573 e. The standard InChI is InChI=1S/C11H12F3NO4/c1-3-18-10(17)4-7-6(2)8(5-9(16)15-7)19-11(12,13)14/h5H,3-4H2,1-2H3,(H,15,16). The first-order valence-corrected chi connectivity index (χ1v) is 5.37. The quantitative estimate of drug-likeness (QED) is 0.851. The molecule has 106 valence electrons. The maximum Gasteiger partial charge on any atom is 0.573 e. The first-order valence-electron chi connectivity index (χ1n) is 5.37. The van der Waals surface area contributed by atoms with E-state index in [4.69, 9.17) is 0 Å². The highest BCUT2D eigenvalue weighted by Gasteiger charge is 2.32. The molecule has 0 unspecified atom stereocenters. The molecule has 0 fully saturated rings. The van der Waals surface area contributed by atoms with Crippen LogP contribution in [0.25, 0.3) is 0 Å². The number of hydrogen-bond donors (Lipinski definition) is 1. The lowest BCUT2D eigenvalue weighted by molar-refractivity contribution is -0.274. The van der Waals surface area contributed by atoms with Crippen LogP contribution in [-0.4, -0.2) is 23.9 Å². The summed E-state index contributed by atoms with van der Waals surface area (Å²) in [7, 11) is 0. The summed E-state index contributed by atoms with van der Waals surface area (Å²) < 4.78 is 44.8. The van der Waals surface area contributed by atoms with E-state index in [2.05, 4.69) is 14.5 Å². The van der Waals surface area contributed by atoms with Crippen LogP contribution in [-0.2, 0) is 16.0 Å². The van der Waals surface area contributed by atoms with Crippen LogP contribution >= 0.6 is 0 Å². The van der Waals surface area contributed by atoms with Crippen molar-refractivity contribution in [2.45, 2.75) is 26.6 Å². The minimum Gasteiger partial charge on any atom is -0.466 e. The molecule has 0 bridgehead atoms. The molecule has 1 rings (SSSR count). The fourth-order valence-corrected chi connectivity index (χ4v) is 1.42. The minimum atomic E-state index is -4.90. The van der Waals surface area contributed by atoms with Gasteiger partial charge in [0, 0.05) is 17.3 Å². The lowest BCUT2D eigenvalue weighted by Gasteiger charge is -2.13. The van der Waals surface area contributed by atoms with Gasteiger partial charge in [-0.2, -0.15) is 0 Å². The van der Waals surface area contributed by atoms with Gasteiger partial charge in [0.2, 0.25) is 0 Å². The van der Waals surface area contributed by atoms with E-state index in [1.165, 1.54) is 6.92 Å². The zero-order valence-corrected chi connectivity index (χ0v) is 10.3. The summed E-state index contributed by atoms with van der Waals surface area (Å²) in [5.74, 6) is -1.28. The van der Waals surface area contributed by atoms with E-state index in [0.717, 1.165) is 0 Å². The zero-order valence-electron chi connectivity index (χ0n) is 10.3. The van der Waals surface area contributed by atoms with Gasteiger partial charge in [0.05, 0.1) is 13.0 Å². The van der Waals surface area contributed by atoms with Crippen molar-refractivity contribution >= 4 is 5.97 Å². The van der Waals surface area contributed by atoms with E-state index in [-0.39, 0.29) is 24.3 Å². The monoisotopic (exact) mass is 279 g/mol. The molecular weight excluding hydrogens is 267 g/mol. The molecule has 5 nitrogen and oxygen atoms in total. The molecule has 0 aliphatic carbocycles. The van der Waals surface area contributed by atoms with Crippen LogP contribution in [0, 0.1) is 6.92 Å². The Hall–Kier alpha value is -1.99. The molecule has 0 spiro atoms. The molecule has 8 heteroatoms. The predicted octanol–water partition coefficient (Wildman–Crippen LogP) is 1.69. The van der Waals surface area contributed by atoms with Crippen molar-refractivity contribution < 1.29 is 27.4 Å². The average molecular weight is 279 g/mol. The maximum atomic E-state index is 12.1. The van der Waals surface area contributed by atoms with Gasteiger partial charge in [-0.25, -0.2) is 0 Å². The van der Waals surface area contributed by atoms with Crippen molar-refractivity contribution in [3.05, 3.63) is 27.7 Å². The summed E-state index contributed by atoms with van der Waals surface area (Å²) in [5, 5.41) is 0. The summed E-state index contributed by atoms with van der Waals surface area (Å²) in [5.41, 5.74) is -0.723. The second-order valence-electron chi connectivity index (χ2n) is 3.63. The van der Waals surface area contributed by atoms with Crippen molar-refractivity contribution in [2.75, 3.05) is 6.61 Å². The number of carbonyl (C=O) groups is 1. The number of aromatic nitrogens is 1. The van der Waals surface area contributed by atoms with E-state index < -0.39 is 23.6 Å². The van der Waals surface area contributed by atoms with E-state index in [9.17, 15) is 22.8 Å². The van der Waals surface area contributed by atoms with Gasteiger partial charge in [-0.3, -0.25) is 9.59 Å². The fraction of sp³-hybridized carbons (Fsp3) is 0.455. The van der Waals surface area contributed by atoms with Gasteiger partial charge >= 0.3 is 12.3 Å².